The lowest BCUT2D eigenvalue weighted by atomic mass is 10.2. The molecule has 0 spiro atoms. The molecule has 1 atom stereocenters. The highest BCUT2D eigenvalue weighted by Gasteiger charge is 2.15. The van der Waals surface area contributed by atoms with Crippen LogP contribution in [0.25, 0.3) is 0 Å². The van der Waals surface area contributed by atoms with E-state index in [0.29, 0.717) is 4.47 Å². The molecule has 0 aliphatic rings. The van der Waals surface area contributed by atoms with Crippen LogP contribution >= 0.6 is 27.3 Å². The lowest BCUT2D eigenvalue weighted by molar-refractivity contribution is 0.582. The fourth-order valence-electron chi connectivity index (χ4n) is 1.79. The topological polar surface area (TPSA) is 12.0 Å². The largest absolute Gasteiger partial charge is 0.374 e. The molecular formula is C13H12BrF2NS. The van der Waals surface area contributed by atoms with Crippen LogP contribution in [0.4, 0.5) is 14.5 Å². The van der Waals surface area contributed by atoms with Gasteiger partial charge in [0.05, 0.1) is 11.7 Å². The first-order chi connectivity index (χ1) is 8.49. The summed E-state index contributed by atoms with van der Waals surface area (Å²) >= 11 is 4.79. The van der Waals surface area contributed by atoms with Crippen LogP contribution in [0.15, 0.2) is 28.1 Å². The van der Waals surface area contributed by atoms with E-state index in [1.807, 2.05) is 25.3 Å². The van der Waals surface area contributed by atoms with Crippen LogP contribution in [-0.4, -0.2) is 0 Å². The van der Waals surface area contributed by atoms with Gasteiger partial charge < -0.3 is 5.32 Å². The molecule has 0 fully saturated rings. The van der Waals surface area contributed by atoms with Gasteiger partial charge in [-0.3, -0.25) is 0 Å². The standard InChI is InChI=1S/C13H12BrF2NS/c1-7-3-4-18-13(7)8(2)17-12-10(14)5-9(15)6-11(12)16/h3-6,8,17H,1-2H3. The average Bonchev–Trinajstić information content (AvgIpc) is 2.69. The Labute approximate surface area is 117 Å². The molecule has 5 heteroatoms. The normalized spacial score (nSPS) is 12.5. The number of thiophene rings is 1. The van der Waals surface area contributed by atoms with Gasteiger partial charge in [0, 0.05) is 15.4 Å². The van der Waals surface area contributed by atoms with Crippen molar-refractivity contribution in [1.82, 2.24) is 0 Å². The quantitative estimate of drug-likeness (QED) is 0.807. The number of rotatable bonds is 3. The first-order valence-corrected chi connectivity index (χ1v) is 7.11. The summed E-state index contributed by atoms with van der Waals surface area (Å²) in [5, 5.41) is 5.07. The van der Waals surface area contributed by atoms with E-state index >= 15 is 0 Å². The molecule has 0 amide bonds. The molecule has 1 aromatic heterocycles. The molecule has 1 N–H and O–H groups in total. The third-order valence-electron chi connectivity index (χ3n) is 2.66. The monoisotopic (exact) mass is 331 g/mol. The van der Waals surface area contributed by atoms with Crippen molar-refractivity contribution in [2.75, 3.05) is 5.32 Å². The van der Waals surface area contributed by atoms with Crippen LogP contribution < -0.4 is 5.32 Å². The predicted molar refractivity (Wildman–Crippen MR) is 75.2 cm³/mol. The van der Waals surface area contributed by atoms with Gasteiger partial charge in [0.2, 0.25) is 0 Å². The summed E-state index contributed by atoms with van der Waals surface area (Å²) in [5.74, 6) is -1.19. The van der Waals surface area contributed by atoms with Gasteiger partial charge in [-0.25, -0.2) is 8.78 Å². The maximum atomic E-state index is 13.7. The number of hydrogen-bond acceptors (Lipinski definition) is 2. The van der Waals surface area contributed by atoms with Crippen LogP contribution in [0.5, 0.6) is 0 Å². The van der Waals surface area contributed by atoms with Crippen molar-refractivity contribution >= 4 is 33.0 Å². The minimum Gasteiger partial charge on any atom is -0.374 e. The minimum atomic E-state index is -0.595. The number of hydrogen-bond donors (Lipinski definition) is 1. The molecule has 0 radical (unpaired) electrons. The van der Waals surface area contributed by atoms with Gasteiger partial charge in [-0.1, -0.05) is 0 Å². The molecular weight excluding hydrogens is 320 g/mol. The summed E-state index contributed by atoms with van der Waals surface area (Å²) in [7, 11) is 0. The van der Waals surface area contributed by atoms with Crippen molar-refractivity contribution in [1.29, 1.82) is 0 Å². The third-order valence-corrected chi connectivity index (χ3v) is 4.49. The molecule has 2 rings (SSSR count). The second kappa shape index (κ2) is 5.36. The number of anilines is 1. The van der Waals surface area contributed by atoms with Crippen LogP contribution in [-0.2, 0) is 0 Å². The fraction of sp³-hybridized carbons (Fsp3) is 0.231. The van der Waals surface area contributed by atoms with Crippen molar-refractivity contribution < 1.29 is 8.78 Å². The van der Waals surface area contributed by atoms with Gasteiger partial charge in [-0.05, 0) is 52.9 Å². The summed E-state index contributed by atoms with van der Waals surface area (Å²) in [4.78, 5) is 1.14. The van der Waals surface area contributed by atoms with E-state index in [4.69, 9.17) is 0 Å². The smallest absolute Gasteiger partial charge is 0.150 e. The summed E-state index contributed by atoms with van der Waals surface area (Å²) in [5.41, 5.74) is 1.45. The predicted octanol–water partition coefficient (Wildman–Crippen LogP) is 5.27. The molecule has 1 aromatic carbocycles. The number of aryl methyl sites for hydroxylation is 1. The summed E-state index contributed by atoms with van der Waals surface area (Å²) in [6.45, 7) is 3.97. The lowest BCUT2D eigenvalue weighted by Crippen LogP contribution is -2.08. The van der Waals surface area contributed by atoms with Gasteiger partial charge in [-0.15, -0.1) is 11.3 Å². The molecule has 18 heavy (non-hydrogen) atoms. The van der Waals surface area contributed by atoms with Crippen molar-refractivity contribution in [2.45, 2.75) is 19.9 Å². The lowest BCUT2D eigenvalue weighted by Gasteiger charge is -2.17. The Balaban J connectivity index is 2.27. The van der Waals surface area contributed by atoms with Gasteiger partial charge in [0.25, 0.3) is 0 Å². The van der Waals surface area contributed by atoms with Crippen molar-refractivity contribution in [2.24, 2.45) is 0 Å². The van der Waals surface area contributed by atoms with E-state index in [-0.39, 0.29) is 11.7 Å². The molecule has 96 valence electrons. The van der Waals surface area contributed by atoms with E-state index < -0.39 is 11.6 Å². The van der Waals surface area contributed by atoms with Crippen molar-refractivity contribution in [3.63, 3.8) is 0 Å². The molecule has 0 saturated carbocycles. The maximum absolute atomic E-state index is 13.7. The van der Waals surface area contributed by atoms with Crippen LogP contribution in [0.1, 0.15) is 23.4 Å². The SMILES string of the molecule is Cc1ccsc1C(C)Nc1c(F)cc(F)cc1Br. The molecule has 0 bridgehead atoms. The molecule has 1 nitrogen and oxygen atoms in total. The van der Waals surface area contributed by atoms with E-state index in [9.17, 15) is 8.78 Å². The first kappa shape index (κ1) is 13.5. The van der Waals surface area contributed by atoms with E-state index in [0.717, 1.165) is 10.9 Å². The van der Waals surface area contributed by atoms with Crippen molar-refractivity contribution in [3.8, 4) is 0 Å². The zero-order valence-corrected chi connectivity index (χ0v) is 12.3. The molecule has 0 aliphatic heterocycles. The second-order valence-corrected chi connectivity index (χ2v) is 5.88. The number of nitrogens with one attached hydrogen (secondary N) is 1. The Bertz CT molecular complexity index is 545. The highest BCUT2D eigenvalue weighted by molar-refractivity contribution is 9.10. The highest BCUT2D eigenvalue weighted by Crippen LogP contribution is 2.32. The Kier molecular flexibility index (Phi) is 4.02. The number of halogens is 3. The van der Waals surface area contributed by atoms with Crippen molar-refractivity contribution in [3.05, 3.63) is 50.1 Å². The maximum Gasteiger partial charge on any atom is 0.150 e. The molecule has 1 unspecified atom stereocenters. The third kappa shape index (κ3) is 2.72. The minimum absolute atomic E-state index is 0.0266. The Morgan fingerprint density at radius 2 is 2.06 bits per heavy atom. The van der Waals surface area contributed by atoms with E-state index in [1.54, 1.807) is 11.3 Å². The van der Waals surface area contributed by atoms with Crippen LogP contribution in [0.3, 0.4) is 0 Å². The average molecular weight is 332 g/mol. The molecule has 2 aromatic rings. The van der Waals surface area contributed by atoms with E-state index in [2.05, 4.69) is 21.2 Å². The second-order valence-electron chi connectivity index (χ2n) is 4.08. The first-order valence-electron chi connectivity index (χ1n) is 5.44. The van der Waals surface area contributed by atoms with Gasteiger partial charge in [0.15, 0.2) is 0 Å². The number of benzene rings is 1. The molecule has 0 saturated heterocycles. The summed E-state index contributed by atoms with van der Waals surface area (Å²) in [6.07, 6.45) is 0. The van der Waals surface area contributed by atoms with Gasteiger partial charge in [-0.2, -0.15) is 0 Å². The van der Waals surface area contributed by atoms with Crippen LogP contribution in [0, 0.1) is 18.6 Å². The van der Waals surface area contributed by atoms with Gasteiger partial charge >= 0.3 is 0 Å². The Morgan fingerprint density at radius 1 is 1.33 bits per heavy atom. The highest BCUT2D eigenvalue weighted by atomic mass is 79.9. The molecule has 0 aliphatic carbocycles. The molecule has 1 heterocycles. The Hall–Kier alpha value is -0.940. The van der Waals surface area contributed by atoms with Gasteiger partial charge in [0.1, 0.15) is 11.6 Å². The van der Waals surface area contributed by atoms with E-state index in [1.165, 1.54) is 11.6 Å². The zero-order chi connectivity index (χ0) is 13.3. The zero-order valence-electron chi connectivity index (χ0n) is 9.93. The Morgan fingerprint density at radius 3 is 2.61 bits per heavy atom. The fourth-order valence-corrected chi connectivity index (χ4v) is 3.25. The summed E-state index contributed by atoms with van der Waals surface area (Å²) < 4.78 is 27.1. The van der Waals surface area contributed by atoms with Crippen LogP contribution in [0.2, 0.25) is 0 Å². The summed E-state index contributed by atoms with van der Waals surface area (Å²) in [6, 6.07) is 4.12.